The van der Waals surface area contributed by atoms with Crippen LogP contribution in [0, 0.1) is 0 Å². The van der Waals surface area contributed by atoms with E-state index in [4.69, 9.17) is 9.84 Å². The lowest BCUT2D eigenvalue weighted by atomic mass is 10.1. The number of hydrogen-bond acceptors (Lipinski definition) is 4. The van der Waals surface area contributed by atoms with Crippen LogP contribution in [-0.2, 0) is 9.53 Å². The Morgan fingerprint density at radius 3 is 2.39 bits per heavy atom. The van der Waals surface area contributed by atoms with Crippen LogP contribution in [0.15, 0.2) is 0 Å². The molecule has 18 heavy (non-hydrogen) atoms. The van der Waals surface area contributed by atoms with Crippen molar-refractivity contribution in [2.24, 2.45) is 0 Å². The van der Waals surface area contributed by atoms with E-state index in [0.29, 0.717) is 6.42 Å². The van der Waals surface area contributed by atoms with Crippen LogP contribution in [0.4, 0.5) is 4.79 Å². The van der Waals surface area contributed by atoms with Gasteiger partial charge in [-0.3, -0.25) is 3.53 Å². The number of unbranched alkanes of at least 4 members (excludes halogenated alkanes) is 1. The van der Waals surface area contributed by atoms with Crippen LogP contribution in [0.3, 0.4) is 0 Å². The number of carboxylic acids is 1. The zero-order valence-corrected chi connectivity index (χ0v) is 13.1. The second-order valence-corrected chi connectivity index (χ2v) is 5.68. The van der Waals surface area contributed by atoms with Gasteiger partial charge in [0, 0.05) is 29.4 Å². The Balaban J connectivity index is 4.11. The minimum atomic E-state index is -1.04. The van der Waals surface area contributed by atoms with Crippen LogP contribution >= 0.6 is 22.9 Å². The van der Waals surface area contributed by atoms with Gasteiger partial charge in [0.1, 0.15) is 11.6 Å². The third-order valence-electron chi connectivity index (χ3n) is 2.00. The molecule has 0 aromatic rings. The third-order valence-corrected chi connectivity index (χ3v) is 2.54. The van der Waals surface area contributed by atoms with Gasteiger partial charge in [-0.2, -0.15) is 0 Å². The Morgan fingerprint density at radius 1 is 1.33 bits per heavy atom. The Bertz CT molecular complexity index is 279. The molecule has 0 aliphatic rings. The fourth-order valence-electron chi connectivity index (χ4n) is 1.25. The first-order valence-electron chi connectivity index (χ1n) is 5.82. The molecule has 0 spiro atoms. The second kappa shape index (κ2) is 8.52. The lowest BCUT2D eigenvalue weighted by molar-refractivity contribution is -0.139. The molecule has 0 aliphatic carbocycles. The summed E-state index contributed by atoms with van der Waals surface area (Å²) in [6.07, 6.45) is 1.29. The van der Waals surface area contributed by atoms with Gasteiger partial charge >= 0.3 is 12.1 Å². The maximum absolute atomic E-state index is 11.5. The largest absolute Gasteiger partial charge is 0.480 e. The molecule has 0 saturated carbocycles. The molecule has 0 fully saturated rings. The highest BCUT2D eigenvalue weighted by Crippen LogP contribution is 2.08. The van der Waals surface area contributed by atoms with E-state index in [2.05, 4.69) is 8.85 Å². The quantitative estimate of drug-likeness (QED) is 0.362. The van der Waals surface area contributed by atoms with Gasteiger partial charge < -0.3 is 15.2 Å². The van der Waals surface area contributed by atoms with Crippen molar-refractivity contribution in [3.05, 3.63) is 0 Å². The van der Waals surface area contributed by atoms with Crippen molar-refractivity contribution < 1.29 is 19.4 Å². The topological polar surface area (TPSA) is 87.7 Å². The van der Waals surface area contributed by atoms with Crippen molar-refractivity contribution >= 4 is 34.9 Å². The molecular weight excluding hydrogens is 351 g/mol. The van der Waals surface area contributed by atoms with Crippen LogP contribution < -0.4 is 8.85 Å². The SMILES string of the molecule is CC(C)(C)OC(=O)NC(CCCCNI)C(=O)O. The molecule has 0 aromatic carbocycles. The first kappa shape index (κ1) is 17.4. The fraction of sp³-hybridized carbons (Fsp3) is 0.818. The van der Waals surface area contributed by atoms with Crippen LogP contribution in [0.1, 0.15) is 40.0 Å². The van der Waals surface area contributed by atoms with Gasteiger partial charge in [-0.1, -0.05) is 0 Å². The summed E-state index contributed by atoms with van der Waals surface area (Å²) in [5.41, 5.74) is -0.627. The van der Waals surface area contributed by atoms with E-state index in [1.165, 1.54) is 0 Å². The van der Waals surface area contributed by atoms with Crippen molar-refractivity contribution in [1.82, 2.24) is 8.85 Å². The number of carbonyl (C=O) groups is 2. The molecule has 1 amide bonds. The molecule has 1 unspecified atom stereocenters. The summed E-state index contributed by atoms with van der Waals surface area (Å²) in [7, 11) is 0. The average Bonchev–Trinajstić information content (AvgIpc) is 2.19. The van der Waals surface area contributed by atoms with Gasteiger partial charge in [0.25, 0.3) is 0 Å². The maximum Gasteiger partial charge on any atom is 0.408 e. The number of carboxylic acid groups (broad SMARTS) is 1. The number of halogens is 1. The molecule has 1 atom stereocenters. The van der Waals surface area contributed by atoms with Crippen LogP contribution in [0.5, 0.6) is 0 Å². The highest BCUT2D eigenvalue weighted by atomic mass is 127. The Kier molecular flexibility index (Phi) is 8.25. The van der Waals surface area contributed by atoms with Gasteiger partial charge in [0.15, 0.2) is 0 Å². The minimum Gasteiger partial charge on any atom is -0.480 e. The van der Waals surface area contributed by atoms with Crippen molar-refractivity contribution in [3.8, 4) is 0 Å². The molecule has 0 bridgehead atoms. The molecule has 6 nitrogen and oxygen atoms in total. The Morgan fingerprint density at radius 2 is 1.94 bits per heavy atom. The summed E-state index contributed by atoms with van der Waals surface area (Å²) in [5.74, 6) is -1.04. The number of carbonyl (C=O) groups excluding carboxylic acids is 1. The number of rotatable bonds is 7. The summed E-state index contributed by atoms with van der Waals surface area (Å²) in [5, 5.41) is 11.4. The number of alkyl carbamates (subject to hydrolysis) is 1. The molecule has 0 aliphatic heterocycles. The molecular formula is C11H21IN2O4. The lowest BCUT2D eigenvalue weighted by Gasteiger charge is -2.22. The fourth-order valence-corrected chi connectivity index (χ4v) is 1.63. The standard InChI is InChI=1S/C11H21IN2O4/c1-11(2,3)18-10(17)14-8(9(15)16)6-4-5-7-13-12/h8,13H,4-7H2,1-3H3,(H,14,17)(H,15,16). The van der Waals surface area contributed by atoms with Gasteiger partial charge in [0.2, 0.25) is 0 Å². The predicted molar refractivity (Wildman–Crippen MR) is 76.7 cm³/mol. The number of aliphatic carboxylic acids is 1. The van der Waals surface area contributed by atoms with Gasteiger partial charge in [-0.15, -0.1) is 0 Å². The monoisotopic (exact) mass is 372 g/mol. The van der Waals surface area contributed by atoms with E-state index in [1.807, 2.05) is 22.9 Å². The van der Waals surface area contributed by atoms with Gasteiger partial charge in [0.05, 0.1) is 0 Å². The smallest absolute Gasteiger partial charge is 0.408 e. The first-order valence-corrected chi connectivity index (χ1v) is 6.90. The van der Waals surface area contributed by atoms with Crippen LogP contribution in [0.2, 0.25) is 0 Å². The van der Waals surface area contributed by atoms with E-state index in [1.54, 1.807) is 20.8 Å². The Hall–Kier alpha value is -0.570. The normalized spacial score (nSPS) is 12.9. The molecule has 7 heteroatoms. The van der Waals surface area contributed by atoms with Crippen molar-refractivity contribution in [2.45, 2.75) is 51.7 Å². The summed E-state index contributed by atoms with van der Waals surface area (Å²) in [6.45, 7) is 6.01. The zero-order valence-electron chi connectivity index (χ0n) is 11.0. The first-order chi connectivity index (χ1) is 8.26. The van der Waals surface area contributed by atoms with E-state index in [0.717, 1.165) is 19.4 Å². The lowest BCUT2D eigenvalue weighted by Crippen LogP contribution is -2.43. The van der Waals surface area contributed by atoms with E-state index < -0.39 is 23.7 Å². The van der Waals surface area contributed by atoms with Crippen molar-refractivity contribution in [2.75, 3.05) is 6.54 Å². The summed E-state index contributed by atoms with van der Waals surface area (Å²) in [6, 6.07) is -0.894. The zero-order chi connectivity index (χ0) is 14.2. The second-order valence-electron chi connectivity index (χ2n) is 4.92. The van der Waals surface area contributed by atoms with E-state index >= 15 is 0 Å². The molecule has 0 saturated heterocycles. The van der Waals surface area contributed by atoms with Gasteiger partial charge in [-0.25, -0.2) is 9.59 Å². The third kappa shape index (κ3) is 9.46. The minimum absolute atomic E-state index is 0.396. The number of hydrogen-bond donors (Lipinski definition) is 3. The molecule has 0 rings (SSSR count). The Labute approximate surface area is 121 Å². The highest BCUT2D eigenvalue weighted by Gasteiger charge is 2.23. The molecule has 0 heterocycles. The van der Waals surface area contributed by atoms with Gasteiger partial charge in [-0.05, 0) is 40.0 Å². The molecule has 0 aromatic heterocycles. The number of nitrogens with one attached hydrogen (secondary N) is 2. The van der Waals surface area contributed by atoms with Crippen molar-refractivity contribution in [1.29, 1.82) is 0 Å². The molecule has 106 valence electrons. The highest BCUT2D eigenvalue weighted by molar-refractivity contribution is 14.1. The maximum atomic E-state index is 11.5. The van der Waals surface area contributed by atoms with E-state index in [-0.39, 0.29) is 0 Å². The number of amides is 1. The summed E-state index contributed by atoms with van der Waals surface area (Å²) >= 11 is 2.04. The molecule has 0 radical (unpaired) electrons. The van der Waals surface area contributed by atoms with Crippen molar-refractivity contribution in [3.63, 3.8) is 0 Å². The summed E-state index contributed by atoms with van der Waals surface area (Å²) < 4.78 is 7.97. The van der Waals surface area contributed by atoms with Crippen LogP contribution in [-0.4, -0.2) is 35.4 Å². The average molecular weight is 372 g/mol. The summed E-state index contributed by atoms with van der Waals surface area (Å²) in [4.78, 5) is 22.4. The predicted octanol–water partition coefficient (Wildman–Crippen LogP) is 2.07. The molecule has 3 N–H and O–H groups in total. The van der Waals surface area contributed by atoms with E-state index in [9.17, 15) is 9.59 Å². The number of ether oxygens (including phenoxy) is 1. The van der Waals surface area contributed by atoms with Crippen LogP contribution in [0.25, 0.3) is 0 Å².